The average molecular weight is 272 g/mol. The van der Waals surface area contributed by atoms with E-state index in [0.717, 1.165) is 12.5 Å². The Morgan fingerprint density at radius 2 is 2.00 bits per heavy atom. The highest BCUT2D eigenvalue weighted by Gasteiger charge is 2.15. The van der Waals surface area contributed by atoms with Gasteiger partial charge in [-0.2, -0.15) is 0 Å². The van der Waals surface area contributed by atoms with Crippen molar-refractivity contribution in [3.8, 4) is 0 Å². The fourth-order valence-electron chi connectivity index (χ4n) is 3.74. The smallest absolute Gasteiger partial charge is 0.0107 e. The maximum Gasteiger partial charge on any atom is 0.0107 e. The number of aryl methyl sites for hydroxylation is 2. The van der Waals surface area contributed by atoms with Crippen molar-refractivity contribution < 1.29 is 0 Å². The Bertz CT molecular complexity index is 433. The molecule has 3 rings (SSSR count). The van der Waals surface area contributed by atoms with Crippen LogP contribution in [-0.2, 0) is 19.3 Å². The molecule has 1 fully saturated rings. The first-order valence-corrected chi connectivity index (χ1v) is 8.35. The number of nitrogens with one attached hydrogen (secondary N) is 1. The van der Waals surface area contributed by atoms with Crippen LogP contribution in [0.15, 0.2) is 18.2 Å². The zero-order chi connectivity index (χ0) is 13.8. The standard InChI is InChI=1S/C18H28N2/c1-15(14-20-10-3-8-19-9-11-20)12-16-6-7-17-4-2-5-18(17)13-16/h6-7,13,15,19H,2-5,8-12,14H2,1H3. The van der Waals surface area contributed by atoms with E-state index in [4.69, 9.17) is 0 Å². The van der Waals surface area contributed by atoms with Crippen LogP contribution >= 0.6 is 0 Å². The molecule has 2 nitrogen and oxygen atoms in total. The van der Waals surface area contributed by atoms with E-state index in [0.29, 0.717) is 0 Å². The summed E-state index contributed by atoms with van der Waals surface area (Å²) in [5.41, 5.74) is 4.76. The van der Waals surface area contributed by atoms with Crippen LogP contribution in [0.2, 0.25) is 0 Å². The second-order valence-corrected chi connectivity index (χ2v) is 6.67. The van der Waals surface area contributed by atoms with E-state index < -0.39 is 0 Å². The molecule has 20 heavy (non-hydrogen) atoms. The van der Waals surface area contributed by atoms with Gasteiger partial charge in [-0.3, -0.25) is 0 Å². The fourth-order valence-corrected chi connectivity index (χ4v) is 3.74. The number of hydrogen-bond acceptors (Lipinski definition) is 2. The van der Waals surface area contributed by atoms with Crippen molar-refractivity contribution >= 4 is 0 Å². The molecule has 1 saturated heterocycles. The van der Waals surface area contributed by atoms with Crippen LogP contribution in [0.1, 0.15) is 36.5 Å². The van der Waals surface area contributed by atoms with Gasteiger partial charge >= 0.3 is 0 Å². The average Bonchev–Trinajstić information content (AvgIpc) is 2.75. The third-order valence-electron chi connectivity index (χ3n) is 4.75. The summed E-state index contributed by atoms with van der Waals surface area (Å²) in [4.78, 5) is 2.64. The maximum atomic E-state index is 3.49. The van der Waals surface area contributed by atoms with Gasteiger partial charge < -0.3 is 10.2 Å². The van der Waals surface area contributed by atoms with E-state index >= 15 is 0 Å². The Kier molecular flexibility index (Phi) is 4.74. The highest BCUT2D eigenvalue weighted by Crippen LogP contribution is 2.24. The summed E-state index contributed by atoms with van der Waals surface area (Å²) < 4.78 is 0. The van der Waals surface area contributed by atoms with Gasteiger partial charge in [0.25, 0.3) is 0 Å². The Morgan fingerprint density at radius 1 is 1.10 bits per heavy atom. The molecule has 0 radical (unpaired) electrons. The molecule has 0 bridgehead atoms. The van der Waals surface area contributed by atoms with Crippen LogP contribution in [0, 0.1) is 5.92 Å². The first kappa shape index (κ1) is 14.1. The zero-order valence-electron chi connectivity index (χ0n) is 12.8. The van der Waals surface area contributed by atoms with Crippen LogP contribution in [-0.4, -0.2) is 37.6 Å². The number of fused-ring (bicyclic) bond motifs is 1. The molecule has 1 heterocycles. The van der Waals surface area contributed by atoms with Gasteiger partial charge in [0.05, 0.1) is 0 Å². The molecule has 1 aromatic carbocycles. The quantitative estimate of drug-likeness (QED) is 0.906. The highest BCUT2D eigenvalue weighted by molar-refractivity contribution is 5.35. The van der Waals surface area contributed by atoms with E-state index in [2.05, 4.69) is 35.3 Å². The predicted octanol–water partition coefficient (Wildman–Crippen LogP) is 2.65. The van der Waals surface area contributed by atoms with Gasteiger partial charge in [0, 0.05) is 19.6 Å². The van der Waals surface area contributed by atoms with E-state index in [9.17, 15) is 0 Å². The van der Waals surface area contributed by atoms with Crippen molar-refractivity contribution in [2.75, 3.05) is 32.7 Å². The molecule has 0 spiro atoms. The Morgan fingerprint density at radius 3 is 2.95 bits per heavy atom. The van der Waals surface area contributed by atoms with Crippen LogP contribution in [0.4, 0.5) is 0 Å². The molecule has 0 amide bonds. The van der Waals surface area contributed by atoms with Crippen molar-refractivity contribution in [1.29, 1.82) is 0 Å². The first-order valence-electron chi connectivity index (χ1n) is 8.35. The molecule has 2 aliphatic rings. The molecule has 1 unspecified atom stereocenters. The second kappa shape index (κ2) is 6.73. The van der Waals surface area contributed by atoms with Crippen LogP contribution in [0.3, 0.4) is 0 Å². The van der Waals surface area contributed by atoms with Gasteiger partial charge in [-0.25, -0.2) is 0 Å². The Labute approximate surface area is 123 Å². The SMILES string of the molecule is CC(Cc1ccc2c(c1)CCC2)CN1CCCNCC1. The molecular weight excluding hydrogens is 244 g/mol. The van der Waals surface area contributed by atoms with E-state index in [1.807, 2.05) is 0 Å². The number of benzene rings is 1. The van der Waals surface area contributed by atoms with Crippen LogP contribution in [0.25, 0.3) is 0 Å². The lowest BCUT2D eigenvalue weighted by Crippen LogP contribution is -2.32. The van der Waals surface area contributed by atoms with Gasteiger partial charge in [-0.1, -0.05) is 25.1 Å². The van der Waals surface area contributed by atoms with Crippen molar-refractivity contribution in [2.45, 2.75) is 39.0 Å². The first-order chi connectivity index (χ1) is 9.81. The Hall–Kier alpha value is -0.860. The summed E-state index contributed by atoms with van der Waals surface area (Å²) in [6, 6.07) is 7.22. The molecular formula is C18H28N2. The molecule has 1 aliphatic heterocycles. The van der Waals surface area contributed by atoms with E-state index in [-0.39, 0.29) is 0 Å². The van der Waals surface area contributed by atoms with Gasteiger partial charge in [-0.15, -0.1) is 0 Å². The van der Waals surface area contributed by atoms with Crippen molar-refractivity contribution in [3.63, 3.8) is 0 Å². The third-order valence-corrected chi connectivity index (χ3v) is 4.75. The van der Waals surface area contributed by atoms with Crippen LogP contribution < -0.4 is 5.32 Å². The molecule has 110 valence electrons. The van der Waals surface area contributed by atoms with Crippen molar-refractivity contribution in [3.05, 3.63) is 34.9 Å². The van der Waals surface area contributed by atoms with Gasteiger partial charge in [0.15, 0.2) is 0 Å². The summed E-state index contributed by atoms with van der Waals surface area (Å²) in [5.74, 6) is 0.757. The van der Waals surface area contributed by atoms with Crippen molar-refractivity contribution in [2.24, 2.45) is 5.92 Å². The highest BCUT2D eigenvalue weighted by atomic mass is 15.1. The maximum absolute atomic E-state index is 3.49. The second-order valence-electron chi connectivity index (χ2n) is 6.67. The predicted molar refractivity (Wildman–Crippen MR) is 85.3 cm³/mol. The molecule has 0 aromatic heterocycles. The molecule has 1 aromatic rings. The normalized spacial score (nSPS) is 21.4. The van der Waals surface area contributed by atoms with Gasteiger partial charge in [-0.05, 0) is 67.8 Å². The lowest BCUT2D eigenvalue weighted by atomic mass is 9.97. The minimum Gasteiger partial charge on any atom is -0.315 e. The number of nitrogens with zero attached hydrogens (tertiary/aromatic N) is 1. The van der Waals surface area contributed by atoms with Crippen LogP contribution in [0.5, 0.6) is 0 Å². The molecule has 1 N–H and O–H groups in total. The molecule has 1 aliphatic carbocycles. The summed E-state index contributed by atoms with van der Waals surface area (Å²) in [6.07, 6.45) is 6.49. The van der Waals surface area contributed by atoms with Gasteiger partial charge in [0.1, 0.15) is 0 Å². The zero-order valence-corrected chi connectivity index (χ0v) is 12.8. The summed E-state index contributed by atoms with van der Waals surface area (Å²) >= 11 is 0. The van der Waals surface area contributed by atoms with Crippen molar-refractivity contribution in [1.82, 2.24) is 10.2 Å². The summed E-state index contributed by atoms with van der Waals surface area (Å²) in [5, 5.41) is 3.49. The minimum atomic E-state index is 0.757. The molecule has 1 atom stereocenters. The fraction of sp³-hybridized carbons (Fsp3) is 0.667. The monoisotopic (exact) mass is 272 g/mol. The van der Waals surface area contributed by atoms with E-state index in [1.165, 1.54) is 58.3 Å². The Balaban J connectivity index is 1.54. The lowest BCUT2D eigenvalue weighted by Gasteiger charge is -2.23. The van der Waals surface area contributed by atoms with Gasteiger partial charge in [0.2, 0.25) is 0 Å². The number of hydrogen-bond donors (Lipinski definition) is 1. The van der Waals surface area contributed by atoms with E-state index in [1.54, 1.807) is 16.7 Å². The lowest BCUT2D eigenvalue weighted by molar-refractivity contribution is 0.251. The topological polar surface area (TPSA) is 15.3 Å². The summed E-state index contributed by atoms with van der Waals surface area (Å²) in [6.45, 7) is 8.49. The third kappa shape index (κ3) is 3.62. The molecule has 0 saturated carbocycles. The molecule has 2 heteroatoms. The summed E-state index contributed by atoms with van der Waals surface area (Å²) in [7, 11) is 0. The number of rotatable bonds is 4. The minimum absolute atomic E-state index is 0.757. The largest absolute Gasteiger partial charge is 0.315 e.